The molecular formula is C23H19N3O5S. The van der Waals surface area contributed by atoms with Gasteiger partial charge in [-0.3, -0.25) is 9.59 Å². The number of hydrogen-bond donors (Lipinski definition) is 0. The van der Waals surface area contributed by atoms with E-state index in [1.54, 1.807) is 24.3 Å². The molecule has 0 fully saturated rings. The molecule has 0 aliphatic carbocycles. The van der Waals surface area contributed by atoms with Crippen LogP contribution in [0.3, 0.4) is 0 Å². The predicted molar refractivity (Wildman–Crippen MR) is 115 cm³/mol. The largest absolute Gasteiger partial charge is 0.467 e. The van der Waals surface area contributed by atoms with E-state index in [-0.39, 0.29) is 10.5 Å². The second-order valence-electron chi connectivity index (χ2n) is 7.70. The number of hydrogen-bond acceptors (Lipinski definition) is 6. The maximum absolute atomic E-state index is 13.2. The lowest BCUT2D eigenvalue weighted by Crippen LogP contribution is -2.41. The first-order valence-corrected chi connectivity index (χ1v) is 11.5. The predicted octanol–water partition coefficient (Wildman–Crippen LogP) is 3.11. The molecule has 0 N–H and O–H groups in total. The smallest absolute Gasteiger partial charge is 0.269 e. The summed E-state index contributed by atoms with van der Waals surface area (Å²) in [6.45, 7) is 1.34. The molecule has 8 nitrogen and oxygen atoms in total. The summed E-state index contributed by atoms with van der Waals surface area (Å²) in [7, 11) is -4.10. The summed E-state index contributed by atoms with van der Waals surface area (Å²) < 4.78 is 31.8. The van der Waals surface area contributed by atoms with Crippen LogP contribution >= 0.6 is 0 Å². The van der Waals surface area contributed by atoms with Crippen molar-refractivity contribution in [2.24, 2.45) is 5.10 Å². The third kappa shape index (κ3) is 3.21. The van der Waals surface area contributed by atoms with Crippen molar-refractivity contribution in [3.8, 4) is 0 Å². The van der Waals surface area contributed by atoms with Crippen LogP contribution in [0.5, 0.6) is 0 Å². The van der Waals surface area contributed by atoms with Crippen molar-refractivity contribution in [3.63, 3.8) is 0 Å². The third-order valence-corrected chi connectivity index (χ3v) is 7.40. The maximum atomic E-state index is 13.2. The number of benzene rings is 2. The number of rotatable bonds is 4. The quantitative estimate of drug-likeness (QED) is 0.609. The van der Waals surface area contributed by atoms with Crippen molar-refractivity contribution in [1.29, 1.82) is 0 Å². The van der Waals surface area contributed by atoms with E-state index >= 15 is 0 Å². The van der Waals surface area contributed by atoms with Gasteiger partial charge in [0.05, 0.1) is 17.5 Å². The van der Waals surface area contributed by atoms with Crippen LogP contribution in [0.1, 0.15) is 39.7 Å². The minimum atomic E-state index is -4.10. The fourth-order valence-electron chi connectivity index (χ4n) is 3.95. The van der Waals surface area contributed by atoms with Crippen LogP contribution in [-0.4, -0.2) is 41.8 Å². The highest BCUT2D eigenvalue weighted by Crippen LogP contribution is 2.35. The Bertz CT molecular complexity index is 1340. The van der Waals surface area contributed by atoms with E-state index in [1.165, 1.54) is 23.4 Å². The first kappa shape index (κ1) is 20.2. The van der Waals surface area contributed by atoms with Gasteiger partial charge in [-0.1, -0.05) is 42.0 Å². The number of carbonyl (C=O) groups excluding carboxylic acids is 2. The molecule has 0 bridgehead atoms. The summed E-state index contributed by atoms with van der Waals surface area (Å²) in [5.41, 5.74) is 2.70. The Morgan fingerprint density at radius 2 is 1.84 bits per heavy atom. The van der Waals surface area contributed by atoms with Crippen LogP contribution in [-0.2, 0) is 14.8 Å². The van der Waals surface area contributed by atoms with Crippen molar-refractivity contribution >= 4 is 27.5 Å². The van der Waals surface area contributed by atoms with Gasteiger partial charge in [-0.05, 0) is 36.8 Å². The van der Waals surface area contributed by atoms with E-state index in [0.29, 0.717) is 22.2 Å². The highest BCUT2D eigenvalue weighted by Gasteiger charge is 2.44. The van der Waals surface area contributed by atoms with E-state index in [2.05, 4.69) is 5.10 Å². The molecule has 0 radical (unpaired) electrons. The van der Waals surface area contributed by atoms with Crippen molar-refractivity contribution in [2.75, 3.05) is 6.54 Å². The number of fused-ring (bicyclic) bond motifs is 1. The Morgan fingerprint density at radius 3 is 2.53 bits per heavy atom. The summed E-state index contributed by atoms with van der Waals surface area (Å²) in [4.78, 5) is 25.9. The molecule has 2 aliphatic rings. The Labute approximate surface area is 184 Å². The molecule has 3 aromatic rings. The van der Waals surface area contributed by atoms with E-state index in [4.69, 9.17) is 4.42 Å². The number of sulfonamides is 1. The molecular weight excluding hydrogens is 430 g/mol. The summed E-state index contributed by atoms with van der Waals surface area (Å²) >= 11 is 0. The van der Waals surface area contributed by atoms with Gasteiger partial charge in [0.2, 0.25) is 0 Å². The second kappa shape index (κ2) is 7.45. The van der Waals surface area contributed by atoms with E-state index < -0.39 is 34.4 Å². The molecule has 2 aliphatic heterocycles. The van der Waals surface area contributed by atoms with Gasteiger partial charge in [-0.2, -0.15) is 5.10 Å². The fourth-order valence-corrected chi connectivity index (χ4v) is 5.46. The third-order valence-electron chi connectivity index (χ3n) is 5.61. The van der Waals surface area contributed by atoms with Crippen LogP contribution in [0, 0.1) is 6.92 Å². The topological polar surface area (TPSA) is 100 Å². The Kier molecular flexibility index (Phi) is 4.70. The highest BCUT2D eigenvalue weighted by molar-refractivity contribution is 7.90. The molecule has 1 aromatic heterocycles. The first-order chi connectivity index (χ1) is 15.4. The molecule has 0 spiro atoms. The minimum Gasteiger partial charge on any atom is -0.467 e. The first-order valence-electron chi connectivity index (χ1n) is 10.0. The van der Waals surface area contributed by atoms with Crippen LogP contribution < -0.4 is 0 Å². The molecule has 32 heavy (non-hydrogen) atoms. The van der Waals surface area contributed by atoms with Crippen molar-refractivity contribution in [2.45, 2.75) is 24.3 Å². The van der Waals surface area contributed by atoms with Crippen LogP contribution in [0.25, 0.3) is 0 Å². The van der Waals surface area contributed by atoms with E-state index in [1.807, 2.05) is 31.2 Å². The number of aryl methyl sites for hydroxylation is 1. The van der Waals surface area contributed by atoms with Crippen LogP contribution in [0.4, 0.5) is 0 Å². The number of nitrogens with zero attached hydrogens (tertiary/aromatic N) is 3. The summed E-state index contributed by atoms with van der Waals surface area (Å²) in [6.07, 6.45) is 1.91. The zero-order valence-electron chi connectivity index (χ0n) is 17.1. The Balaban J connectivity index is 1.47. The monoisotopic (exact) mass is 449 g/mol. The van der Waals surface area contributed by atoms with Gasteiger partial charge in [-0.25, -0.2) is 17.7 Å². The van der Waals surface area contributed by atoms with Crippen molar-refractivity contribution in [3.05, 3.63) is 89.4 Å². The van der Waals surface area contributed by atoms with E-state index in [0.717, 1.165) is 11.1 Å². The van der Waals surface area contributed by atoms with Gasteiger partial charge in [0.25, 0.3) is 21.8 Å². The normalized spacial score (nSPS) is 19.2. The maximum Gasteiger partial charge on any atom is 0.269 e. The van der Waals surface area contributed by atoms with Gasteiger partial charge in [0.15, 0.2) is 0 Å². The van der Waals surface area contributed by atoms with Gasteiger partial charge in [0.1, 0.15) is 23.2 Å². The highest BCUT2D eigenvalue weighted by atomic mass is 32.2. The molecule has 3 heterocycles. The minimum absolute atomic E-state index is 0.0631. The number of furan rings is 1. The van der Waals surface area contributed by atoms with Gasteiger partial charge >= 0.3 is 0 Å². The lowest BCUT2D eigenvalue weighted by atomic mass is 10.0. The molecule has 162 valence electrons. The molecule has 0 saturated heterocycles. The molecule has 5 rings (SSSR count). The SMILES string of the molecule is Cc1ccc(C2=NN(C(=O)CN3C(=O)c4ccccc4S3(=O)=O)[C@@H](c3ccco3)C2)cc1. The summed E-state index contributed by atoms with van der Waals surface area (Å²) in [6, 6.07) is 16.6. The lowest BCUT2D eigenvalue weighted by Gasteiger charge is -2.22. The molecule has 0 saturated carbocycles. The standard InChI is InChI=1S/C23H19N3O5S/c1-15-8-10-16(11-9-15)18-13-19(20-6-4-12-31-20)26(24-18)22(27)14-25-23(28)17-5-2-3-7-21(17)32(25,29)30/h2-12,19H,13-14H2,1H3/t19-/m1/s1. The van der Waals surface area contributed by atoms with Crippen LogP contribution in [0.15, 0.2) is 81.3 Å². The molecule has 1 atom stereocenters. The average molecular weight is 449 g/mol. The van der Waals surface area contributed by atoms with Gasteiger partial charge in [0, 0.05) is 6.42 Å². The molecule has 2 amide bonds. The van der Waals surface area contributed by atoms with Gasteiger partial charge in [-0.15, -0.1) is 0 Å². The lowest BCUT2D eigenvalue weighted by molar-refractivity contribution is -0.133. The van der Waals surface area contributed by atoms with Crippen molar-refractivity contribution < 1.29 is 22.4 Å². The number of amides is 2. The zero-order valence-corrected chi connectivity index (χ0v) is 18.0. The average Bonchev–Trinajstić information content (AvgIpc) is 3.50. The zero-order chi connectivity index (χ0) is 22.5. The molecule has 9 heteroatoms. The number of hydrazone groups is 1. The number of carbonyl (C=O) groups is 2. The molecule has 2 aromatic carbocycles. The Hall–Kier alpha value is -3.72. The van der Waals surface area contributed by atoms with E-state index in [9.17, 15) is 18.0 Å². The summed E-state index contributed by atoms with van der Waals surface area (Å²) in [5.74, 6) is -0.799. The fraction of sp³-hybridized carbons (Fsp3) is 0.174. The second-order valence-corrected chi connectivity index (χ2v) is 9.53. The molecule has 0 unspecified atom stereocenters. The van der Waals surface area contributed by atoms with Crippen molar-refractivity contribution in [1.82, 2.24) is 9.31 Å². The van der Waals surface area contributed by atoms with Gasteiger partial charge < -0.3 is 4.42 Å². The Morgan fingerprint density at radius 1 is 1.09 bits per heavy atom. The summed E-state index contributed by atoms with van der Waals surface area (Å²) in [5, 5.41) is 5.72. The van der Waals surface area contributed by atoms with Crippen LogP contribution in [0.2, 0.25) is 0 Å².